The third kappa shape index (κ3) is 2.63. The van der Waals surface area contributed by atoms with Crippen molar-refractivity contribution < 1.29 is 0 Å². The fourth-order valence-electron chi connectivity index (χ4n) is 1.60. The molecule has 1 atom stereocenters. The number of hydrogen-bond acceptors (Lipinski definition) is 2. The van der Waals surface area contributed by atoms with Crippen LogP contribution in [0.25, 0.3) is 0 Å². The third-order valence-corrected chi connectivity index (χ3v) is 3.79. The van der Waals surface area contributed by atoms with E-state index in [0.29, 0.717) is 10.0 Å². The van der Waals surface area contributed by atoms with Gasteiger partial charge in [-0.2, -0.15) is 0 Å². The highest BCUT2D eigenvalue weighted by atomic mass is 79.9. The van der Waals surface area contributed by atoms with E-state index in [1.807, 2.05) is 12.1 Å². The van der Waals surface area contributed by atoms with E-state index in [9.17, 15) is 0 Å². The van der Waals surface area contributed by atoms with Crippen LogP contribution in [0, 0.1) is 0 Å². The van der Waals surface area contributed by atoms with E-state index in [4.69, 9.17) is 28.9 Å². The zero-order valence-corrected chi connectivity index (χ0v) is 11.8. The quantitative estimate of drug-likeness (QED) is 0.895. The second kappa shape index (κ2) is 5.36. The first-order valence-electron chi connectivity index (χ1n) is 4.90. The van der Waals surface area contributed by atoms with Gasteiger partial charge in [0.2, 0.25) is 0 Å². The molecule has 0 amide bonds. The van der Waals surface area contributed by atoms with Gasteiger partial charge in [0.05, 0.1) is 11.1 Å². The molecule has 2 aromatic rings. The highest BCUT2D eigenvalue weighted by Crippen LogP contribution is 2.34. The molecule has 1 aromatic heterocycles. The van der Waals surface area contributed by atoms with Gasteiger partial charge in [0, 0.05) is 27.5 Å². The van der Waals surface area contributed by atoms with Crippen molar-refractivity contribution in [3.05, 3.63) is 62.3 Å². The molecule has 88 valence electrons. The highest BCUT2D eigenvalue weighted by molar-refractivity contribution is 9.10. The standard InChI is InChI=1S/C12H9BrCl2N2/c13-8-2-1-3-9(14)11(8)12(16)7-4-5-17-6-10(7)15/h1-6,12H,16H2. The normalized spacial score (nSPS) is 12.5. The molecule has 1 aromatic carbocycles. The summed E-state index contributed by atoms with van der Waals surface area (Å²) in [6.45, 7) is 0. The van der Waals surface area contributed by atoms with Crippen molar-refractivity contribution in [3.63, 3.8) is 0 Å². The number of hydrogen-bond donors (Lipinski definition) is 1. The van der Waals surface area contributed by atoms with Crippen LogP contribution in [-0.2, 0) is 0 Å². The van der Waals surface area contributed by atoms with Gasteiger partial charge in [0.15, 0.2) is 0 Å². The first kappa shape index (κ1) is 12.8. The van der Waals surface area contributed by atoms with Gasteiger partial charge in [-0.3, -0.25) is 4.98 Å². The van der Waals surface area contributed by atoms with Gasteiger partial charge in [-0.25, -0.2) is 0 Å². The molecule has 0 radical (unpaired) electrons. The van der Waals surface area contributed by atoms with Crippen LogP contribution < -0.4 is 5.73 Å². The Morgan fingerprint density at radius 3 is 2.59 bits per heavy atom. The maximum Gasteiger partial charge on any atom is 0.0640 e. The van der Waals surface area contributed by atoms with E-state index < -0.39 is 0 Å². The summed E-state index contributed by atoms with van der Waals surface area (Å²) in [5.41, 5.74) is 7.82. The lowest BCUT2D eigenvalue weighted by Gasteiger charge is -2.16. The Morgan fingerprint density at radius 1 is 1.18 bits per heavy atom. The molecule has 0 aliphatic heterocycles. The maximum atomic E-state index is 6.19. The van der Waals surface area contributed by atoms with Gasteiger partial charge < -0.3 is 5.73 Å². The molecule has 0 spiro atoms. The van der Waals surface area contributed by atoms with Crippen LogP contribution in [0.15, 0.2) is 41.1 Å². The minimum atomic E-state index is -0.381. The Balaban J connectivity index is 2.51. The van der Waals surface area contributed by atoms with Gasteiger partial charge in [-0.05, 0) is 23.8 Å². The lowest BCUT2D eigenvalue weighted by atomic mass is 10.0. The van der Waals surface area contributed by atoms with Gasteiger partial charge in [-0.1, -0.05) is 45.2 Å². The first-order chi connectivity index (χ1) is 8.11. The second-order valence-electron chi connectivity index (χ2n) is 3.51. The van der Waals surface area contributed by atoms with Crippen LogP contribution in [0.2, 0.25) is 10.0 Å². The number of rotatable bonds is 2. The number of pyridine rings is 1. The number of nitrogens with two attached hydrogens (primary N) is 1. The molecule has 0 saturated carbocycles. The van der Waals surface area contributed by atoms with Crippen LogP contribution in [0.5, 0.6) is 0 Å². The average molecular weight is 332 g/mol. The van der Waals surface area contributed by atoms with Crippen molar-refractivity contribution in [2.75, 3.05) is 0 Å². The molecule has 2 nitrogen and oxygen atoms in total. The molecule has 1 unspecified atom stereocenters. The van der Waals surface area contributed by atoms with Crippen LogP contribution in [0.4, 0.5) is 0 Å². The summed E-state index contributed by atoms with van der Waals surface area (Å²) >= 11 is 15.7. The summed E-state index contributed by atoms with van der Waals surface area (Å²) < 4.78 is 0.866. The number of nitrogens with zero attached hydrogens (tertiary/aromatic N) is 1. The van der Waals surface area contributed by atoms with Crippen LogP contribution in [0.3, 0.4) is 0 Å². The Bertz CT molecular complexity index is 526. The molecule has 0 bridgehead atoms. The predicted molar refractivity (Wildman–Crippen MR) is 74.4 cm³/mol. The molecule has 2 rings (SSSR count). The lowest BCUT2D eigenvalue weighted by Crippen LogP contribution is -2.13. The van der Waals surface area contributed by atoms with Crippen molar-refractivity contribution >= 4 is 39.1 Å². The Kier molecular flexibility index (Phi) is 4.05. The molecule has 17 heavy (non-hydrogen) atoms. The Labute approximate surface area is 118 Å². The summed E-state index contributed by atoms with van der Waals surface area (Å²) in [5, 5.41) is 1.14. The smallest absolute Gasteiger partial charge is 0.0640 e. The molecule has 0 aliphatic carbocycles. The van der Waals surface area contributed by atoms with E-state index in [1.54, 1.807) is 24.5 Å². The number of benzene rings is 1. The zero-order valence-electron chi connectivity index (χ0n) is 8.70. The molecule has 0 fully saturated rings. The van der Waals surface area contributed by atoms with Crippen molar-refractivity contribution in [3.8, 4) is 0 Å². The molecule has 1 heterocycles. The van der Waals surface area contributed by atoms with E-state index in [0.717, 1.165) is 15.6 Å². The summed E-state index contributed by atoms with van der Waals surface area (Å²) in [5.74, 6) is 0. The third-order valence-electron chi connectivity index (χ3n) is 2.45. The average Bonchev–Trinajstić information content (AvgIpc) is 2.29. The van der Waals surface area contributed by atoms with Gasteiger partial charge >= 0.3 is 0 Å². The van der Waals surface area contributed by atoms with Crippen LogP contribution >= 0.6 is 39.1 Å². The van der Waals surface area contributed by atoms with Gasteiger partial charge in [0.1, 0.15) is 0 Å². The van der Waals surface area contributed by atoms with Crippen molar-refractivity contribution in [1.82, 2.24) is 4.98 Å². The fraction of sp³-hybridized carbons (Fsp3) is 0.0833. The van der Waals surface area contributed by atoms with Crippen molar-refractivity contribution in [2.45, 2.75) is 6.04 Å². The lowest BCUT2D eigenvalue weighted by molar-refractivity contribution is 0.863. The number of aromatic nitrogens is 1. The molecule has 2 N–H and O–H groups in total. The Hall–Kier alpha value is -0.610. The van der Waals surface area contributed by atoms with Crippen LogP contribution in [0.1, 0.15) is 17.2 Å². The Morgan fingerprint density at radius 2 is 1.94 bits per heavy atom. The summed E-state index contributed by atoms with van der Waals surface area (Å²) in [6, 6.07) is 6.97. The first-order valence-corrected chi connectivity index (χ1v) is 6.45. The monoisotopic (exact) mass is 330 g/mol. The maximum absolute atomic E-state index is 6.19. The fourth-order valence-corrected chi connectivity index (χ4v) is 2.86. The largest absolute Gasteiger partial charge is 0.320 e. The summed E-state index contributed by atoms with van der Waals surface area (Å²) in [4.78, 5) is 3.93. The highest BCUT2D eigenvalue weighted by Gasteiger charge is 2.17. The topological polar surface area (TPSA) is 38.9 Å². The molecule has 0 aliphatic rings. The molecular weight excluding hydrogens is 323 g/mol. The zero-order chi connectivity index (χ0) is 12.4. The van der Waals surface area contributed by atoms with Gasteiger partial charge in [-0.15, -0.1) is 0 Å². The van der Waals surface area contributed by atoms with E-state index in [1.165, 1.54) is 0 Å². The minimum Gasteiger partial charge on any atom is -0.320 e. The van der Waals surface area contributed by atoms with Crippen molar-refractivity contribution in [1.29, 1.82) is 0 Å². The molecular formula is C12H9BrCl2N2. The minimum absolute atomic E-state index is 0.381. The SMILES string of the molecule is NC(c1ccncc1Cl)c1c(Cl)cccc1Br. The molecule has 5 heteroatoms. The van der Waals surface area contributed by atoms with E-state index in [-0.39, 0.29) is 6.04 Å². The van der Waals surface area contributed by atoms with E-state index >= 15 is 0 Å². The van der Waals surface area contributed by atoms with E-state index in [2.05, 4.69) is 20.9 Å². The second-order valence-corrected chi connectivity index (χ2v) is 5.18. The summed E-state index contributed by atoms with van der Waals surface area (Å²) in [6.07, 6.45) is 3.23. The van der Waals surface area contributed by atoms with Crippen molar-refractivity contribution in [2.24, 2.45) is 5.73 Å². The predicted octanol–water partition coefficient (Wildman–Crippen LogP) is 4.20. The van der Waals surface area contributed by atoms with Crippen LogP contribution in [-0.4, -0.2) is 4.98 Å². The number of halogens is 3. The molecule has 0 saturated heterocycles. The van der Waals surface area contributed by atoms with Gasteiger partial charge in [0.25, 0.3) is 0 Å². The summed E-state index contributed by atoms with van der Waals surface area (Å²) in [7, 11) is 0.